The number of amides is 1. The summed E-state index contributed by atoms with van der Waals surface area (Å²) < 4.78 is 1.97. The summed E-state index contributed by atoms with van der Waals surface area (Å²) in [5, 5.41) is 10.0. The molecular weight excluding hydrogens is 334 g/mol. The van der Waals surface area contributed by atoms with Crippen LogP contribution in [0, 0.1) is 0 Å². The summed E-state index contributed by atoms with van der Waals surface area (Å²) in [6.45, 7) is 1.93. The number of para-hydroxylation sites is 1. The predicted octanol–water partition coefficient (Wildman–Crippen LogP) is 2.49. The Morgan fingerprint density at radius 2 is 2.00 bits per heavy atom. The molecule has 0 aliphatic carbocycles. The second kappa shape index (κ2) is 7.23. The molecule has 1 fully saturated rings. The van der Waals surface area contributed by atoms with Gasteiger partial charge in [0.15, 0.2) is 5.16 Å². The monoisotopic (exact) mass is 351 g/mol. The van der Waals surface area contributed by atoms with Gasteiger partial charge in [0.05, 0.1) is 10.7 Å². The topological polar surface area (TPSA) is 77.0 Å². The van der Waals surface area contributed by atoms with E-state index in [0.717, 1.165) is 42.7 Å². The lowest BCUT2D eigenvalue weighted by Crippen LogP contribution is -2.22. The summed E-state index contributed by atoms with van der Waals surface area (Å²) in [5.74, 6) is 1.05. The van der Waals surface area contributed by atoms with E-state index in [1.165, 1.54) is 11.8 Å². The van der Waals surface area contributed by atoms with Crippen LogP contribution in [0.25, 0.3) is 5.69 Å². The zero-order valence-corrected chi connectivity index (χ0v) is 14.2. The van der Waals surface area contributed by atoms with Gasteiger partial charge >= 0.3 is 0 Å². The Hall–Kier alpha value is -1.73. The number of nitrogens with two attached hydrogens (primary N) is 1. The van der Waals surface area contributed by atoms with Crippen molar-refractivity contribution in [1.29, 1.82) is 0 Å². The number of thioether (sulfide) groups is 1. The molecule has 2 N–H and O–H groups in total. The maximum atomic E-state index is 10.9. The van der Waals surface area contributed by atoms with E-state index in [1.54, 1.807) is 0 Å². The van der Waals surface area contributed by atoms with Crippen LogP contribution in [0.4, 0.5) is 5.95 Å². The number of rotatable bonds is 6. The van der Waals surface area contributed by atoms with E-state index in [-0.39, 0.29) is 5.91 Å². The van der Waals surface area contributed by atoms with Crippen LogP contribution in [-0.2, 0) is 4.79 Å². The average molecular weight is 352 g/mol. The van der Waals surface area contributed by atoms with Crippen LogP contribution in [0.3, 0.4) is 0 Å². The molecule has 6 nitrogen and oxygen atoms in total. The standard InChI is InChI=1S/C15H18ClN5OS/c16-11-5-1-2-6-12(11)21-14(20-8-3-4-9-20)18-19-15(21)23-10-7-13(17)22/h1-2,5-6H,3-4,7-10H2,(H2,17,22). The fourth-order valence-corrected chi connectivity index (χ4v) is 3.68. The number of halogens is 1. The van der Waals surface area contributed by atoms with Gasteiger partial charge < -0.3 is 10.6 Å². The van der Waals surface area contributed by atoms with Crippen LogP contribution in [0.1, 0.15) is 19.3 Å². The molecule has 3 rings (SSSR count). The summed E-state index contributed by atoms with van der Waals surface area (Å²) in [7, 11) is 0. The fraction of sp³-hybridized carbons (Fsp3) is 0.400. The average Bonchev–Trinajstić information content (AvgIpc) is 3.16. The van der Waals surface area contributed by atoms with E-state index in [4.69, 9.17) is 17.3 Å². The molecule has 1 aliphatic heterocycles. The Kier molecular flexibility index (Phi) is 5.07. The quantitative estimate of drug-likeness (QED) is 0.809. The Morgan fingerprint density at radius 3 is 2.70 bits per heavy atom. The Balaban J connectivity index is 1.96. The van der Waals surface area contributed by atoms with Crippen LogP contribution in [0.2, 0.25) is 5.02 Å². The lowest BCUT2D eigenvalue weighted by atomic mass is 10.3. The summed E-state index contributed by atoms with van der Waals surface area (Å²) >= 11 is 7.83. The van der Waals surface area contributed by atoms with Crippen molar-refractivity contribution in [2.24, 2.45) is 5.73 Å². The van der Waals surface area contributed by atoms with Crippen LogP contribution >= 0.6 is 23.4 Å². The van der Waals surface area contributed by atoms with E-state index in [0.29, 0.717) is 17.2 Å². The van der Waals surface area contributed by atoms with Crippen LogP contribution < -0.4 is 10.6 Å². The molecule has 0 saturated carbocycles. The molecule has 1 saturated heterocycles. The molecule has 2 aromatic rings. The first-order chi connectivity index (χ1) is 11.2. The molecule has 1 aromatic heterocycles. The molecular formula is C15H18ClN5OS. The molecule has 1 aliphatic rings. The van der Waals surface area contributed by atoms with Gasteiger partial charge in [-0.15, -0.1) is 10.2 Å². The molecule has 0 atom stereocenters. The highest BCUT2D eigenvalue weighted by molar-refractivity contribution is 7.99. The number of primary amides is 1. The largest absolute Gasteiger partial charge is 0.370 e. The van der Waals surface area contributed by atoms with Gasteiger partial charge in [0.1, 0.15) is 0 Å². The summed E-state index contributed by atoms with van der Waals surface area (Å²) in [4.78, 5) is 13.2. The number of carbonyl (C=O) groups is 1. The summed E-state index contributed by atoms with van der Waals surface area (Å²) in [6.07, 6.45) is 2.61. The van der Waals surface area contributed by atoms with Crippen molar-refractivity contribution in [1.82, 2.24) is 14.8 Å². The zero-order chi connectivity index (χ0) is 16.2. The Labute approximate surface area is 144 Å². The molecule has 0 radical (unpaired) electrons. The highest BCUT2D eigenvalue weighted by atomic mass is 35.5. The second-order valence-corrected chi connectivity index (χ2v) is 6.80. The Bertz CT molecular complexity index is 699. The SMILES string of the molecule is NC(=O)CCSc1nnc(N2CCCC2)n1-c1ccccc1Cl. The number of anilines is 1. The van der Waals surface area contributed by atoms with E-state index in [1.807, 2.05) is 28.8 Å². The van der Waals surface area contributed by atoms with E-state index < -0.39 is 0 Å². The molecule has 1 aromatic carbocycles. The minimum Gasteiger partial charge on any atom is -0.370 e. The molecule has 122 valence electrons. The first-order valence-electron chi connectivity index (χ1n) is 7.53. The minimum atomic E-state index is -0.318. The first kappa shape index (κ1) is 16.1. The van der Waals surface area contributed by atoms with Gasteiger partial charge in [-0.2, -0.15) is 0 Å². The van der Waals surface area contributed by atoms with Crippen molar-refractivity contribution in [2.45, 2.75) is 24.4 Å². The zero-order valence-electron chi connectivity index (χ0n) is 12.6. The van der Waals surface area contributed by atoms with Crippen molar-refractivity contribution in [3.05, 3.63) is 29.3 Å². The maximum Gasteiger partial charge on any atom is 0.232 e. The van der Waals surface area contributed by atoms with Gasteiger partial charge in [0, 0.05) is 25.3 Å². The van der Waals surface area contributed by atoms with E-state index in [9.17, 15) is 4.79 Å². The van der Waals surface area contributed by atoms with Crippen molar-refractivity contribution in [3.8, 4) is 5.69 Å². The number of hydrogen-bond acceptors (Lipinski definition) is 5. The lowest BCUT2D eigenvalue weighted by Gasteiger charge is -2.19. The molecule has 0 bridgehead atoms. The van der Waals surface area contributed by atoms with E-state index >= 15 is 0 Å². The fourth-order valence-electron chi connectivity index (χ4n) is 2.56. The van der Waals surface area contributed by atoms with Gasteiger partial charge in [-0.3, -0.25) is 9.36 Å². The highest BCUT2D eigenvalue weighted by Gasteiger charge is 2.23. The predicted molar refractivity (Wildman–Crippen MR) is 92.4 cm³/mol. The van der Waals surface area contributed by atoms with Gasteiger partial charge in [0.2, 0.25) is 11.9 Å². The van der Waals surface area contributed by atoms with Gasteiger partial charge in [-0.25, -0.2) is 0 Å². The molecule has 8 heteroatoms. The molecule has 1 amide bonds. The van der Waals surface area contributed by atoms with E-state index in [2.05, 4.69) is 15.1 Å². The molecule has 0 unspecified atom stereocenters. The summed E-state index contributed by atoms with van der Waals surface area (Å²) in [5.41, 5.74) is 6.06. The van der Waals surface area contributed by atoms with Crippen molar-refractivity contribution in [3.63, 3.8) is 0 Å². The Morgan fingerprint density at radius 1 is 1.26 bits per heavy atom. The maximum absolute atomic E-state index is 10.9. The molecule has 23 heavy (non-hydrogen) atoms. The number of hydrogen-bond donors (Lipinski definition) is 1. The number of carbonyl (C=O) groups excluding carboxylic acids is 1. The number of aromatic nitrogens is 3. The lowest BCUT2D eigenvalue weighted by molar-refractivity contribution is -0.117. The minimum absolute atomic E-state index is 0.305. The third-order valence-electron chi connectivity index (χ3n) is 3.68. The van der Waals surface area contributed by atoms with Crippen molar-refractivity contribution < 1.29 is 4.79 Å². The first-order valence-corrected chi connectivity index (χ1v) is 8.89. The van der Waals surface area contributed by atoms with Crippen LogP contribution in [-0.4, -0.2) is 39.5 Å². The molecule has 2 heterocycles. The second-order valence-electron chi connectivity index (χ2n) is 5.33. The smallest absolute Gasteiger partial charge is 0.232 e. The third-order valence-corrected chi connectivity index (χ3v) is 4.93. The number of nitrogens with zero attached hydrogens (tertiary/aromatic N) is 4. The van der Waals surface area contributed by atoms with Crippen LogP contribution in [0.15, 0.2) is 29.4 Å². The van der Waals surface area contributed by atoms with Gasteiger partial charge in [-0.1, -0.05) is 35.5 Å². The molecule has 0 spiro atoms. The normalized spacial score (nSPS) is 14.4. The summed E-state index contributed by atoms with van der Waals surface area (Å²) in [6, 6.07) is 7.63. The van der Waals surface area contributed by atoms with Crippen LogP contribution in [0.5, 0.6) is 0 Å². The van der Waals surface area contributed by atoms with Crippen molar-refractivity contribution >= 4 is 35.2 Å². The number of benzene rings is 1. The van der Waals surface area contributed by atoms with Gasteiger partial charge in [0.25, 0.3) is 0 Å². The third kappa shape index (κ3) is 3.61. The highest BCUT2D eigenvalue weighted by Crippen LogP contribution is 2.31. The van der Waals surface area contributed by atoms with Gasteiger partial charge in [-0.05, 0) is 25.0 Å². The van der Waals surface area contributed by atoms with Crippen molar-refractivity contribution in [2.75, 3.05) is 23.7 Å².